The van der Waals surface area contributed by atoms with E-state index in [9.17, 15) is 0 Å². The minimum Gasteiger partial charge on any atom is -0.453 e. The maximum Gasteiger partial charge on any atom is 0.417 e. The molecule has 0 aromatic heterocycles. The van der Waals surface area contributed by atoms with Crippen LogP contribution in [0.1, 0.15) is 23.6 Å². The average Bonchev–Trinajstić information content (AvgIpc) is 3.20. The number of rotatable bonds is 5. The number of benzene rings is 7. The zero-order valence-electron chi connectivity index (χ0n) is 29.6. The van der Waals surface area contributed by atoms with Crippen LogP contribution in [0.5, 0.6) is 23.0 Å². The second-order valence-electron chi connectivity index (χ2n) is 13.3. The lowest BCUT2D eigenvalue weighted by molar-refractivity contribution is -0.137. The molecule has 0 N–H and O–H groups in total. The molecular weight excluding hydrogens is 727 g/mol. The number of alkyl halides is 6. The SMILES string of the molecule is CCc1c(-c2ccccc2C(F)(F)F)c(N2c3ccccc3Oc3ccccc32)cc(N2c3ccccc3Oc3ccccc32)c1-c1ccccc1C(F)(F)F. The summed E-state index contributed by atoms with van der Waals surface area (Å²) in [5.41, 5.74) is 1.15. The third-order valence-corrected chi connectivity index (χ3v) is 10.1. The molecule has 2 heterocycles. The Labute approximate surface area is 318 Å². The predicted molar refractivity (Wildman–Crippen MR) is 206 cm³/mol. The molecule has 0 saturated heterocycles. The smallest absolute Gasteiger partial charge is 0.417 e. The molecular formula is C46H30F6N2O2. The Morgan fingerprint density at radius 2 is 0.714 bits per heavy atom. The summed E-state index contributed by atoms with van der Waals surface area (Å²) in [6.45, 7) is 1.75. The van der Waals surface area contributed by atoms with Crippen LogP contribution in [0, 0.1) is 0 Å². The molecule has 0 amide bonds. The zero-order chi connectivity index (χ0) is 38.8. The average molecular weight is 757 g/mol. The van der Waals surface area contributed by atoms with Gasteiger partial charge in [0.25, 0.3) is 0 Å². The van der Waals surface area contributed by atoms with Crippen LogP contribution in [0.4, 0.5) is 60.5 Å². The summed E-state index contributed by atoms with van der Waals surface area (Å²) in [4.78, 5) is 3.69. The van der Waals surface area contributed by atoms with E-state index in [-0.39, 0.29) is 34.2 Å². The van der Waals surface area contributed by atoms with Crippen LogP contribution in [0.2, 0.25) is 0 Å². The van der Waals surface area contributed by atoms with Crippen molar-refractivity contribution in [1.82, 2.24) is 0 Å². The highest BCUT2D eigenvalue weighted by molar-refractivity contribution is 6.04. The van der Waals surface area contributed by atoms with Crippen molar-refractivity contribution in [2.24, 2.45) is 0 Å². The second-order valence-corrected chi connectivity index (χ2v) is 13.3. The molecule has 4 nitrogen and oxygen atoms in total. The lowest BCUT2D eigenvalue weighted by atomic mass is 9.83. The molecule has 0 bridgehead atoms. The van der Waals surface area contributed by atoms with E-state index in [2.05, 4.69) is 0 Å². The Balaban J connectivity index is 1.51. The molecule has 7 aromatic carbocycles. The third-order valence-electron chi connectivity index (χ3n) is 10.1. The van der Waals surface area contributed by atoms with E-state index in [1.807, 2.05) is 34.1 Å². The first-order valence-corrected chi connectivity index (χ1v) is 17.9. The van der Waals surface area contributed by atoms with Crippen molar-refractivity contribution in [3.8, 4) is 45.3 Å². The number of fused-ring (bicyclic) bond motifs is 4. The van der Waals surface area contributed by atoms with Gasteiger partial charge < -0.3 is 19.3 Å². The van der Waals surface area contributed by atoms with E-state index in [1.165, 1.54) is 36.4 Å². The van der Waals surface area contributed by atoms with Gasteiger partial charge in [0.05, 0.1) is 45.3 Å². The van der Waals surface area contributed by atoms with Gasteiger partial charge >= 0.3 is 12.4 Å². The van der Waals surface area contributed by atoms with Gasteiger partial charge in [-0.05, 0) is 89.8 Å². The van der Waals surface area contributed by atoms with Gasteiger partial charge in [-0.3, -0.25) is 0 Å². The van der Waals surface area contributed by atoms with Crippen molar-refractivity contribution in [2.45, 2.75) is 25.7 Å². The van der Waals surface area contributed by atoms with E-state index in [1.54, 1.807) is 85.8 Å². The van der Waals surface area contributed by atoms with Crippen LogP contribution >= 0.6 is 0 Å². The maximum atomic E-state index is 15.2. The fraction of sp³-hybridized carbons (Fsp3) is 0.0870. The Kier molecular flexibility index (Phi) is 8.30. The predicted octanol–water partition coefficient (Wildman–Crippen LogP) is 14.8. The van der Waals surface area contributed by atoms with Crippen LogP contribution in [0.25, 0.3) is 22.3 Å². The summed E-state index contributed by atoms with van der Waals surface area (Å²) < 4.78 is 104. The van der Waals surface area contributed by atoms with Crippen molar-refractivity contribution in [2.75, 3.05) is 9.80 Å². The van der Waals surface area contributed by atoms with Crippen LogP contribution in [-0.2, 0) is 18.8 Å². The fourth-order valence-corrected chi connectivity index (χ4v) is 7.84. The van der Waals surface area contributed by atoms with Crippen LogP contribution in [0.3, 0.4) is 0 Å². The summed E-state index contributed by atoms with van der Waals surface area (Å²) in [6, 6.07) is 40.9. The normalized spacial score (nSPS) is 13.2. The highest BCUT2D eigenvalue weighted by Crippen LogP contribution is 2.60. The molecule has 0 unspecified atom stereocenters. The lowest BCUT2D eigenvalue weighted by Gasteiger charge is -2.39. The number of anilines is 6. The van der Waals surface area contributed by atoms with Gasteiger partial charge in [-0.1, -0.05) is 91.9 Å². The monoisotopic (exact) mass is 756 g/mol. The largest absolute Gasteiger partial charge is 0.453 e. The number of ether oxygens (including phenoxy) is 2. The molecule has 2 aliphatic heterocycles. The van der Waals surface area contributed by atoms with Crippen molar-refractivity contribution >= 4 is 34.1 Å². The topological polar surface area (TPSA) is 24.9 Å². The Morgan fingerprint density at radius 3 is 1.04 bits per heavy atom. The first-order valence-electron chi connectivity index (χ1n) is 17.9. The van der Waals surface area contributed by atoms with Gasteiger partial charge in [-0.2, -0.15) is 26.3 Å². The van der Waals surface area contributed by atoms with E-state index < -0.39 is 23.5 Å². The highest BCUT2D eigenvalue weighted by atomic mass is 19.4. The number of hydrogen-bond acceptors (Lipinski definition) is 4. The van der Waals surface area contributed by atoms with Crippen LogP contribution < -0.4 is 19.3 Å². The molecule has 0 radical (unpaired) electrons. The minimum atomic E-state index is -4.80. The van der Waals surface area contributed by atoms with Crippen molar-refractivity contribution < 1.29 is 35.8 Å². The molecule has 278 valence electrons. The number of hydrogen-bond donors (Lipinski definition) is 0. The first-order chi connectivity index (χ1) is 27.0. The summed E-state index contributed by atoms with van der Waals surface area (Å²) in [5.74, 6) is 1.81. The second kappa shape index (κ2) is 13.3. The fourth-order valence-electron chi connectivity index (χ4n) is 7.84. The Hall–Kier alpha value is -6.68. The molecule has 56 heavy (non-hydrogen) atoms. The quantitative estimate of drug-likeness (QED) is 0.163. The molecule has 0 fully saturated rings. The van der Waals surface area contributed by atoms with E-state index in [0.29, 0.717) is 57.1 Å². The summed E-state index contributed by atoms with van der Waals surface area (Å²) in [7, 11) is 0. The number of para-hydroxylation sites is 8. The number of nitrogens with zero attached hydrogens (tertiary/aromatic N) is 2. The van der Waals surface area contributed by atoms with Gasteiger partial charge in [0.15, 0.2) is 23.0 Å². The van der Waals surface area contributed by atoms with Crippen LogP contribution in [-0.4, -0.2) is 0 Å². The van der Waals surface area contributed by atoms with Crippen LogP contribution in [0.15, 0.2) is 152 Å². The highest BCUT2D eigenvalue weighted by Gasteiger charge is 2.40. The van der Waals surface area contributed by atoms with Gasteiger partial charge in [0.1, 0.15) is 0 Å². The Bertz CT molecular complexity index is 2380. The van der Waals surface area contributed by atoms with E-state index in [0.717, 1.165) is 12.1 Å². The first kappa shape index (κ1) is 35.0. The summed E-state index contributed by atoms with van der Waals surface area (Å²) >= 11 is 0. The number of halogens is 6. The molecule has 2 aliphatic rings. The molecule has 7 aromatic rings. The third kappa shape index (κ3) is 5.71. The van der Waals surface area contributed by atoms with Gasteiger partial charge in [0.2, 0.25) is 0 Å². The molecule has 0 spiro atoms. The Morgan fingerprint density at radius 1 is 0.411 bits per heavy atom. The standard InChI is InChI=1S/C46H30F6N2O2/c1-2-28-43(29-15-3-5-17-31(29)45(47,48)49)37(53-33-19-7-11-23-39(33)55-40-24-12-8-20-34(40)53)27-38(44(28)30-16-4-6-18-32(30)46(50,51)52)54-35-21-9-13-25-41(35)56-42-26-14-10-22-36(42)54/h3-27H,2H2,1H3. The molecule has 0 aliphatic carbocycles. The maximum absolute atomic E-state index is 15.2. The van der Waals surface area contributed by atoms with Gasteiger partial charge in [-0.25, -0.2) is 0 Å². The summed E-state index contributed by atoms with van der Waals surface area (Å²) in [6.07, 6.45) is -9.54. The zero-order valence-corrected chi connectivity index (χ0v) is 29.6. The minimum absolute atomic E-state index is 0.0607. The lowest BCUT2D eigenvalue weighted by Crippen LogP contribution is -2.21. The van der Waals surface area contributed by atoms with Crippen molar-refractivity contribution in [3.05, 3.63) is 168 Å². The van der Waals surface area contributed by atoms with E-state index >= 15 is 26.3 Å². The van der Waals surface area contributed by atoms with E-state index in [4.69, 9.17) is 9.47 Å². The molecule has 0 saturated carbocycles. The summed E-state index contributed by atoms with van der Waals surface area (Å²) in [5, 5.41) is 0. The van der Waals surface area contributed by atoms with Crippen molar-refractivity contribution in [3.63, 3.8) is 0 Å². The molecule has 9 rings (SSSR count). The molecule has 10 heteroatoms. The molecule has 0 atom stereocenters. The van der Waals surface area contributed by atoms with Crippen molar-refractivity contribution in [1.29, 1.82) is 0 Å². The van der Waals surface area contributed by atoms with Gasteiger partial charge in [-0.15, -0.1) is 0 Å². The van der Waals surface area contributed by atoms with Gasteiger partial charge in [0, 0.05) is 11.1 Å².